The summed E-state index contributed by atoms with van der Waals surface area (Å²) in [4.78, 5) is 8.44. The Hall–Kier alpha value is -3.75. The molecule has 0 bridgehead atoms. The Kier molecular flexibility index (Phi) is 10.5. The van der Waals surface area contributed by atoms with E-state index in [0.717, 1.165) is 25.7 Å². The van der Waals surface area contributed by atoms with Gasteiger partial charge in [0.15, 0.2) is 0 Å². The zero-order valence-corrected chi connectivity index (χ0v) is 24.0. The lowest BCUT2D eigenvalue weighted by atomic mass is 10.0. The number of hydrazine groups is 1. The number of nitrogens with two attached hydrogens (primary N) is 1. The minimum absolute atomic E-state index is 0.0239. The average molecular weight is 602 g/mol. The Morgan fingerprint density at radius 2 is 1.62 bits per heavy atom. The monoisotopic (exact) mass is 601 g/mol. The zero-order valence-electron chi connectivity index (χ0n) is 24.0. The SMILES string of the molecule is CCN(c1nc(NC)c(C(C)=N)cc1CN(Cc1cc(C(F)(F)F)cc(C(F)(F)F)c1)/C(=N/NC)NN)C1CCCC1. The number of hydrogen-bond donors (Lipinski definition) is 5. The fraction of sp³-hybridized carbons (Fsp3) is 0.519. The minimum atomic E-state index is -4.99. The first-order chi connectivity index (χ1) is 19.7. The van der Waals surface area contributed by atoms with E-state index in [0.29, 0.717) is 41.4 Å². The van der Waals surface area contributed by atoms with Gasteiger partial charge in [0, 0.05) is 56.6 Å². The molecule has 15 heteroatoms. The van der Waals surface area contributed by atoms with E-state index in [9.17, 15) is 26.3 Å². The van der Waals surface area contributed by atoms with Crippen LogP contribution >= 0.6 is 0 Å². The Bertz CT molecular complexity index is 1240. The number of hydrogen-bond acceptors (Lipinski definition) is 7. The summed E-state index contributed by atoms with van der Waals surface area (Å²) in [6.07, 6.45) is -5.94. The summed E-state index contributed by atoms with van der Waals surface area (Å²) in [5, 5.41) is 15.4. The van der Waals surface area contributed by atoms with Gasteiger partial charge in [-0.25, -0.2) is 10.8 Å². The molecule has 0 aliphatic heterocycles. The smallest absolute Gasteiger partial charge is 0.373 e. The summed E-state index contributed by atoms with van der Waals surface area (Å²) in [7, 11) is 3.17. The van der Waals surface area contributed by atoms with Crippen molar-refractivity contribution in [3.05, 3.63) is 52.1 Å². The number of alkyl halides is 6. The van der Waals surface area contributed by atoms with Crippen molar-refractivity contribution in [3.63, 3.8) is 0 Å². The molecule has 0 atom stereocenters. The molecule has 0 radical (unpaired) electrons. The number of pyridine rings is 1. The molecule has 1 heterocycles. The molecule has 9 nitrogen and oxygen atoms in total. The van der Waals surface area contributed by atoms with E-state index in [-0.39, 0.29) is 35.9 Å². The molecular formula is C27H37F6N9. The van der Waals surface area contributed by atoms with Crippen LogP contribution in [0.2, 0.25) is 0 Å². The number of hydrazone groups is 1. The van der Waals surface area contributed by atoms with Crippen molar-refractivity contribution in [2.24, 2.45) is 10.9 Å². The molecule has 3 rings (SSSR count). The maximum atomic E-state index is 13.6. The summed E-state index contributed by atoms with van der Waals surface area (Å²) < 4.78 is 81.6. The highest BCUT2D eigenvalue weighted by Crippen LogP contribution is 2.37. The summed E-state index contributed by atoms with van der Waals surface area (Å²) in [5.41, 5.74) is 3.20. The van der Waals surface area contributed by atoms with Crippen molar-refractivity contribution in [2.45, 2.75) is 71.0 Å². The van der Waals surface area contributed by atoms with E-state index >= 15 is 0 Å². The maximum absolute atomic E-state index is 13.6. The van der Waals surface area contributed by atoms with Gasteiger partial charge >= 0.3 is 12.4 Å². The van der Waals surface area contributed by atoms with Gasteiger partial charge in [-0.15, -0.1) is 5.10 Å². The van der Waals surface area contributed by atoms with Crippen molar-refractivity contribution in [2.75, 3.05) is 30.9 Å². The maximum Gasteiger partial charge on any atom is 0.416 e. The predicted octanol–water partition coefficient (Wildman–Crippen LogP) is 5.27. The van der Waals surface area contributed by atoms with E-state index in [2.05, 4.69) is 26.2 Å². The largest absolute Gasteiger partial charge is 0.416 e. The number of halogens is 6. The van der Waals surface area contributed by atoms with Crippen LogP contribution in [0.4, 0.5) is 38.0 Å². The van der Waals surface area contributed by atoms with Gasteiger partial charge in [0.2, 0.25) is 5.96 Å². The van der Waals surface area contributed by atoms with Crippen molar-refractivity contribution in [1.82, 2.24) is 20.7 Å². The second-order valence-corrected chi connectivity index (χ2v) is 10.0. The van der Waals surface area contributed by atoms with Gasteiger partial charge in [0.1, 0.15) is 11.6 Å². The minimum Gasteiger partial charge on any atom is -0.373 e. The lowest BCUT2D eigenvalue weighted by Crippen LogP contribution is -2.45. The zero-order chi connectivity index (χ0) is 31.2. The number of guanidine groups is 1. The quantitative estimate of drug-likeness (QED) is 0.0828. The van der Waals surface area contributed by atoms with E-state index in [1.165, 1.54) is 11.9 Å². The van der Waals surface area contributed by atoms with Gasteiger partial charge in [0.25, 0.3) is 0 Å². The summed E-state index contributed by atoms with van der Waals surface area (Å²) >= 11 is 0. The Morgan fingerprint density at radius 1 is 1.02 bits per heavy atom. The first kappa shape index (κ1) is 32.8. The molecule has 0 amide bonds. The molecule has 1 aliphatic carbocycles. The Morgan fingerprint density at radius 3 is 2.07 bits per heavy atom. The number of benzene rings is 1. The van der Waals surface area contributed by atoms with E-state index in [1.807, 2.05) is 6.92 Å². The second-order valence-electron chi connectivity index (χ2n) is 10.0. The van der Waals surface area contributed by atoms with Gasteiger partial charge in [-0.2, -0.15) is 26.3 Å². The summed E-state index contributed by atoms with van der Waals surface area (Å²) in [6.45, 7) is 3.76. The van der Waals surface area contributed by atoms with E-state index in [4.69, 9.17) is 16.2 Å². The molecule has 42 heavy (non-hydrogen) atoms. The van der Waals surface area contributed by atoms with Crippen LogP contribution in [0.15, 0.2) is 29.4 Å². The van der Waals surface area contributed by atoms with Crippen LogP contribution < -0.4 is 26.9 Å². The highest BCUT2D eigenvalue weighted by atomic mass is 19.4. The molecule has 232 valence electrons. The van der Waals surface area contributed by atoms with Crippen molar-refractivity contribution in [1.29, 1.82) is 5.41 Å². The first-order valence-corrected chi connectivity index (χ1v) is 13.5. The molecule has 1 fully saturated rings. The molecule has 0 saturated heterocycles. The van der Waals surface area contributed by atoms with E-state index < -0.39 is 30.0 Å². The van der Waals surface area contributed by atoms with E-state index in [1.54, 1.807) is 20.0 Å². The topological polar surface area (TPSA) is 118 Å². The normalized spacial score (nSPS) is 14.6. The summed E-state index contributed by atoms with van der Waals surface area (Å²) in [6, 6.07) is 3.44. The van der Waals surface area contributed by atoms with Gasteiger partial charge in [0.05, 0.1) is 11.1 Å². The molecular weight excluding hydrogens is 564 g/mol. The van der Waals surface area contributed by atoms with Crippen LogP contribution in [-0.2, 0) is 25.4 Å². The van der Waals surface area contributed by atoms with Crippen molar-refractivity contribution in [3.8, 4) is 0 Å². The first-order valence-electron chi connectivity index (χ1n) is 13.5. The van der Waals surface area contributed by atoms with Crippen LogP contribution in [-0.4, -0.2) is 48.2 Å². The van der Waals surface area contributed by atoms with Gasteiger partial charge in [-0.3, -0.25) is 5.43 Å². The third-order valence-electron chi connectivity index (χ3n) is 7.13. The molecule has 1 aromatic heterocycles. The Balaban J connectivity index is 2.19. The number of nitrogens with zero attached hydrogens (tertiary/aromatic N) is 4. The number of anilines is 2. The van der Waals surface area contributed by atoms with Gasteiger partial charge in [-0.05, 0) is 56.5 Å². The third-order valence-corrected chi connectivity index (χ3v) is 7.13. The fourth-order valence-electron chi connectivity index (χ4n) is 5.23. The van der Waals surface area contributed by atoms with Crippen LogP contribution in [0.5, 0.6) is 0 Å². The second kappa shape index (κ2) is 13.5. The molecule has 1 saturated carbocycles. The van der Waals surface area contributed by atoms with Gasteiger partial charge < -0.3 is 26.0 Å². The standard InChI is InChI=1S/C27H37F6N9/c1-5-42(21-8-6-7-9-21)24-18(12-22(16(2)34)23(36-3)38-24)15-41(25(39-35)40-37-4)14-17-10-19(26(28,29)30)13-20(11-17)27(31,32)33/h10-13,21,34,37H,5-9,14-15,35H2,1-4H3,(H,36,38)(H,39,40). The number of nitrogens with one attached hydrogen (secondary N) is 4. The molecule has 1 aromatic carbocycles. The molecule has 0 unspecified atom stereocenters. The van der Waals surface area contributed by atoms with Crippen LogP contribution in [0.1, 0.15) is 67.3 Å². The van der Waals surface area contributed by atoms with Crippen molar-refractivity contribution < 1.29 is 26.3 Å². The highest BCUT2D eigenvalue weighted by molar-refractivity contribution is 6.01. The average Bonchev–Trinajstić information content (AvgIpc) is 3.45. The fourth-order valence-corrected chi connectivity index (χ4v) is 5.23. The van der Waals surface area contributed by atoms with Gasteiger partial charge in [-0.1, -0.05) is 12.8 Å². The lowest BCUT2D eigenvalue weighted by Gasteiger charge is -2.33. The van der Waals surface area contributed by atoms with Crippen LogP contribution in [0.25, 0.3) is 0 Å². The molecule has 0 spiro atoms. The van der Waals surface area contributed by atoms with Crippen LogP contribution in [0.3, 0.4) is 0 Å². The predicted molar refractivity (Wildman–Crippen MR) is 151 cm³/mol. The number of rotatable bonds is 10. The molecule has 2 aromatic rings. The van der Waals surface area contributed by atoms with Crippen molar-refractivity contribution >= 4 is 23.3 Å². The third kappa shape index (κ3) is 7.75. The molecule has 1 aliphatic rings. The molecule has 6 N–H and O–H groups in total. The highest BCUT2D eigenvalue weighted by Gasteiger charge is 2.37. The van der Waals surface area contributed by atoms with Crippen LogP contribution in [0, 0.1) is 5.41 Å². The lowest BCUT2D eigenvalue weighted by molar-refractivity contribution is -0.143. The summed E-state index contributed by atoms with van der Waals surface area (Å²) in [5.74, 6) is 6.78. The Labute approximate surface area is 241 Å². The number of aromatic nitrogens is 1.